The Hall–Kier alpha value is -1.67. The summed E-state index contributed by atoms with van der Waals surface area (Å²) in [6.07, 6.45) is 2.99. The molecule has 1 atom stereocenters. The van der Waals surface area contributed by atoms with Crippen LogP contribution in [0.3, 0.4) is 0 Å². The first-order valence-corrected chi connectivity index (χ1v) is 7.46. The van der Waals surface area contributed by atoms with E-state index in [0.29, 0.717) is 11.3 Å². The second-order valence-electron chi connectivity index (χ2n) is 4.17. The van der Waals surface area contributed by atoms with Gasteiger partial charge in [0, 0.05) is 6.04 Å². The zero-order valence-corrected chi connectivity index (χ0v) is 12.0. The molecule has 0 aliphatic heterocycles. The molecule has 1 rings (SSSR count). The molecule has 0 aliphatic carbocycles. The van der Waals surface area contributed by atoms with Crippen molar-refractivity contribution in [3.63, 3.8) is 0 Å². The average Bonchev–Trinajstić information content (AvgIpc) is 2.43. The fourth-order valence-corrected chi connectivity index (χ4v) is 2.05. The van der Waals surface area contributed by atoms with E-state index in [1.807, 2.05) is 19.2 Å². The second kappa shape index (κ2) is 8.44. The van der Waals surface area contributed by atoms with Crippen molar-refractivity contribution in [2.24, 2.45) is 0 Å². The summed E-state index contributed by atoms with van der Waals surface area (Å²) in [6, 6.07) is 8.87. The molecule has 0 heterocycles. The normalized spacial score (nSPS) is 11.4. The maximum absolute atomic E-state index is 11.6. The van der Waals surface area contributed by atoms with Gasteiger partial charge in [-0.25, -0.2) is 0 Å². The first-order valence-electron chi connectivity index (χ1n) is 6.07. The summed E-state index contributed by atoms with van der Waals surface area (Å²) in [6.45, 7) is 1.98. The van der Waals surface area contributed by atoms with Crippen LogP contribution in [0.25, 0.3) is 0 Å². The SMILES string of the molecule is CSCCC(C)NC(=O)COc1ccc(C#N)cc1. The minimum absolute atomic E-state index is 0.00446. The third-order valence-corrected chi connectivity index (χ3v) is 3.16. The first kappa shape index (κ1) is 15.4. The molecule has 0 aliphatic rings. The molecule has 0 saturated carbocycles. The Bertz CT molecular complexity index is 440. The molecule has 0 saturated heterocycles. The Kier molecular flexibility index (Phi) is 6.83. The molecular weight excluding hydrogens is 260 g/mol. The number of benzene rings is 1. The monoisotopic (exact) mass is 278 g/mol. The van der Waals surface area contributed by atoms with E-state index in [2.05, 4.69) is 5.32 Å². The van der Waals surface area contributed by atoms with E-state index in [-0.39, 0.29) is 18.6 Å². The maximum atomic E-state index is 11.6. The van der Waals surface area contributed by atoms with E-state index in [0.717, 1.165) is 12.2 Å². The van der Waals surface area contributed by atoms with Crippen LogP contribution in [-0.4, -0.2) is 30.6 Å². The van der Waals surface area contributed by atoms with Crippen molar-refractivity contribution in [1.29, 1.82) is 5.26 Å². The fourth-order valence-electron chi connectivity index (χ4n) is 1.46. The Morgan fingerprint density at radius 1 is 1.47 bits per heavy atom. The lowest BCUT2D eigenvalue weighted by Gasteiger charge is -2.13. The van der Waals surface area contributed by atoms with Gasteiger partial charge in [-0.2, -0.15) is 17.0 Å². The van der Waals surface area contributed by atoms with Crippen LogP contribution in [0.2, 0.25) is 0 Å². The summed E-state index contributed by atoms with van der Waals surface area (Å²) < 4.78 is 5.35. The van der Waals surface area contributed by atoms with Crippen LogP contribution in [0.4, 0.5) is 0 Å². The molecule has 0 fully saturated rings. The highest BCUT2D eigenvalue weighted by Gasteiger charge is 2.07. The Balaban J connectivity index is 2.31. The van der Waals surface area contributed by atoms with Crippen LogP contribution in [0, 0.1) is 11.3 Å². The Morgan fingerprint density at radius 3 is 2.74 bits per heavy atom. The van der Waals surface area contributed by atoms with Crippen LogP contribution in [0.15, 0.2) is 24.3 Å². The third kappa shape index (κ3) is 6.16. The highest BCUT2D eigenvalue weighted by Crippen LogP contribution is 2.11. The number of hydrogen-bond donors (Lipinski definition) is 1. The lowest BCUT2D eigenvalue weighted by atomic mass is 10.2. The number of ether oxygens (including phenoxy) is 1. The topological polar surface area (TPSA) is 62.1 Å². The van der Waals surface area contributed by atoms with E-state index in [9.17, 15) is 4.79 Å². The molecule has 5 heteroatoms. The quantitative estimate of drug-likeness (QED) is 0.830. The van der Waals surface area contributed by atoms with Crippen LogP contribution < -0.4 is 10.1 Å². The van der Waals surface area contributed by atoms with Gasteiger partial charge in [0.1, 0.15) is 5.75 Å². The van der Waals surface area contributed by atoms with Crippen molar-refractivity contribution in [3.05, 3.63) is 29.8 Å². The van der Waals surface area contributed by atoms with Gasteiger partial charge in [0.05, 0.1) is 11.6 Å². The summed E-state index contributed by atoms with van der Waals surface area (Å²) >= 11 is 1.76. The minimum atomic E-state index is -0.127. The number of thioether (sulfide) groups is 1. The molecule has 1 aromatic carbocycles. The van der Waals surface area contributed by atoms with Gasteiger partial charge in [-0.15, -0.1) is 0 Å². The van der Waals surface area contributed by atoms with Crippen molar-refractivity contribution < 1.29 is 9.53 Å². The Morgan fingerprint density at radius 2 is 2.16 bits per heavy atom. The van der Waals surface area contributed by atoms with Gasteiger partial charge in [-0.1, -0.05) is 0 Å². The number of amides is 1. The molecule has 4 nitrogen and oxygen atoms in total. The number of nitrogens with zero attached hydrogens (tertiary/aromatic N) is 1. The van der Waals surface area contributed by atoms with Crippen molar-refractivity contribution in [2.45, 2.75) is 19.4 Å². The number of nitrogens with one attached hydrogen (secondary N) is 1. The fraction of sp³-hybridized carbons (Fsp3) is 0.429. The number of rotatable bonds is 7. The zero-order chi connectivity index (χ0) is 14.1. The molecule has 1 unspecified atom stereocenters. The predicted octanol–water partition coefficient (Wildman–Crippen LogP) is 2.19. The molecule has 1 N–H and O–H groups in total. The zero-order valence-electron chi connectivity index (χ0n) is 11.2. The van der Waals surface area contributed by atoms with Crippen LogP contribution in [0.1, 0.15) is 18.9 Å². The lowest BCUT2D eigenvalue weighted by molar-refractivity contribution is -0.123. The van der Waals surface area contributed by atoms with Crippen molar-refractivity contribution in [1.82, 2.24) is 5.32 Å². The van der Waals surface area contributed by atoms with E-state index < -0.39 is 0 Å². The lowest BCUT2D eigenvalue weighted by Crippen LogP contribution is -2.36. The molecule has 0 radical (unpaired) electrons. The van der Waals surface area contributed by atoms with Crippen molar-refractivity contribution >= 4 is 17.7 Å². The van der Waals surface area contributed by atoms with Crippen molar-refractivity contribution in [3.8, 4) is 11.8 Å². The number of carbonyl (C=O) groups is 1. The van der Waals surface area contributed by atoms with E-state index in [4.69, 9.17) is 10.00 Å². The van der Waals surface area contributed by atoms with Gasteiger partial charge < -0.3 is 10.1 Å². The minimum Gasteiger partial charge on any atom is -0.484 e. The first-order chi connectivity index (χ1) is 9.15. The van der Waals surface area contributed by atoms with Gasteiger partial charge in [-0.05, 0) is 49.6 Å². The van der Waals surface area contributed by atoms with Gasteiger partial charge in [-0.3, -0.25) is 4.79 Å². The molecular formula is C14H18N2O2S. The van der Waals surface area contributed by atoms with Gasteiger partial charge in [0.25, 0.3) is 5.91 Å². The second-order valence-corrected chi connectivity index (χ2v) is 5.16. The summed E-state index contributed by atoms with van der Waals surface area (Å²) in [5.74, 6) is 1.49. The average molecular weight is 278 g/mol. The molecule has 1 aromatic rings. The van der Waals surface area contributed by atoms with Crippen LogP contribution in [-0.2, 0) is 4.79 Å². The summed E-state index contributed by atoms with van der Waals surface area (Å²) in [5.41, 5.74) is 0.572. The van der Waals surface area contributed by atoms with Crippen LogP contribution >= 0.6 is 11.8 Å². The molecule has 0 bridgehead atoms. The van der Waals surface area contributed by atoms with Crippen LogP contribution in [0.5, 0.6) is 5.75 Å². The molecule has 19 heavy (non-hydrogen) atoms. The van der Waals surface area contributed by atoms with Gasteiger partial charge in [0.15, 0.2) is 6.61 Å². The van der Waals surface area contributed by atoms with Gasteiger partial charge in [0.2, 0.25) is 0 Å². The number of carbonyl (C=O) groups excluding carboxylic acids is 1. The van der Waals surface area contributed by atoms with E-state index in [1.54, 1.807) is 36.0 Å². The molecule has 102 valence electrons. The summed E-state index contributed by atoms with van der Waals surface area (Å²) in [4.78, 5) is 11.6. The Labute approximate surface area is 118 Å². The highest BCUT2D eigenvalue weighted by molar-refractivity contribution is 7.98. The number of hydrogen-bond acceptors (Lipinski definition) is 4. The standard InChI is InChI=1S/C14H18N2O2S/c1-11(7-8-19-2)16-14(17)10-18-13-5-3-12(9-15)4-6-13/h3-6,11H,7-8,10H2,1-2H3,(H,16,17). The maximum Gasteiger partial charge on any atom is 0.258 e. The summed E-state index contributed by atoms with van der Waals surface area (Å²) in [5, 5.41) is 11.5. The van der Waals surface area contributed by atoms with Gasteiger partial charge >= 0.3 is 0 Å². The predicted molar refractivity (Wildman–Crippen MR) is 77.3 cm³/mol. The molecule has 0 aromatic heterocycles. The third-order valence-electron chi connectivity index (χ3n) is 2.52. The van der Waals surface area contributed by atoms with E-state index >= 15 is 0 Å². The largest absolute Gasteiger partial charge is 0.484 e. The highest BCUT2D eigenvalue weighted by atomic mass is 32.2. The number of nitriles is 1. The molecule has 1 amide bonds. The molecule has 0 spiro atoms. The smallest absolute Gasteiger partial charge is 0.258 e. The van der Waals surface area contributed by atoms with Crippen molar-refractivity contribution in [2.75, 3.05) is 18.6 Å². The summed E-state index contributed by atoms with van der Waals surface area (Å²) in [7, 11) is 0. The van der Waals surface area contributed by atoms with E-state index in [1.165, 1.54) is 0 Å².